The van der Waals surface area contributed by atoms with Crippen molar-refractivity contribution in [3.8, 4) is 5.75 Å². The predicted octanol–water partition coefficient (Wildman–Crippen LogP) is 3.02. The fourth-order valence-corrected chi connectivity index (χ4v) is 2.03. The Balaban J connectivity index is 1.98. The molecule has 0 bridgehead atoms. The molecule has 0 heterocycles. The Hall–Kier alpha value is -0.730. The molecule has 0 amide bonds. The lowest BCUT2D eigenvalue weighted by Gasteiger charge is -2.28. The lowest BCUT2D eigenvalue weighted by Crippen LogP contribution is -2.34. The molecular weight excluding hydrogens is 212 g/mol. The molecule has 1 fully saturated rings. The molecule has 0 aromatic heterocycles. The number of aliphatic hydroxyl groups is 1. The first-order valence-electron chi connectivity index (χ1n) is 5.36. The molecule has 1 N–H and O–H groups in total. The lowest BCUT2D eigenvalue weighted by molar-refractivity contribution is 0.00688. The topological polar surface area (TPSA) is 29.5 Å². The van der Waals surface area contributed by atoms with Gasteiger partial charge >= 0.3 is 0 Å². The summed E-state index contributed by atoms with van der Waals surface area (Å²) in [6, 6.07) is 7.27. The molecule has 2 unspecified atom stereocenters. The zero-order valence-electron chi connectivity index (χ0n) is 8.53. The van der Waals surface area contributed by atoms with Crippen molar-refractivity contribution < 1.29 is 9.84 Å². The van der Waals surface area contributed by atoms with Crippen LogP contribution in [0.2, 0.25) is 5.02 Å². The van der Waals surface area contributed by atoms with E-state index in [1.807, 2.05) is 12.1 Å². The Morgan fingerprint density at radius 3 is 2.47 bits per heavy atom. The summed E-state index contributed by atoms with van der Waals surface area (Å²) in [6.45, 7) is 0. The summed E-state index contributed by atoms with van der Waals surface area (Å²) < 4.78 is 5.71. The summed E-state index contributed by atoms with van der Waals surface area (Å²) in [5.41, 5.74) is 0. The Bertz CT molecular complexity index is 310. The van der Waals surface area contributed by atoms with E-state index in [1.165, 1.54) is 0 Å². The lowest BCUT2D eigenvalue weighted by atomic mass is 9.95. The number of rotatable bonds is 2. The van der Waals surface area contributed by atoms with E-state index < -0.39 is 0 Å². The van der Waals surface area contributed by atoms with Crippen molar-refractivity contribution in [2.75, 3.05) is 0 Å². The first-order valence-corrected chi connectivity index (χ1v) is 5.74. The van der Waals surface area contributed by atoms with Crippen LogP contribution in [0.15, 0.2) is 24.3 Å². The van der Waals surface area contributed by atoms with Gasteiger partial charge in [-0.3, -0.25) is 0 Å². The molecule has 15 heavy (non-hydrogen) atoms. The van der Waals surface area contributed by atoms with Gasteiger partial charge in [-0.05, 0) is 43.5 Å². The maximum atomic E-state index is 9.73. The molecule has 2 rings (SSSR count). The van der Waals surface area contributed by atoms with Crippen LogP contribution in [0, 0.1) is 0 Å². The van der Waals surface area contributed by atoms with Crippen LogP contribution in [0.25, 0.3) is 0 Å². The molecule has 0 saturated heterocycles. The molecule has 0 radical (unpaired) electrons. The van der Waals surface area contributed by atoms with Crippen LogP contribution in [0.5, 0.6) is 5.75 Å². The molecule has 1 aromatic rings. The van der Waals surface area contributed by atoms with Gasteiger partial charge in [0.05, 0.1) is 6.10 Å². The van der Waals surface area contributed by atoms with Gasteiger partial charge in [0.25, 0.3) is 0 Å². The van der Waals surface area contributed by atoms with Crippen LogP contribution in [-0.4, -0.2) is 17.3 Å². The van der Waals surface area contributed by atoms with Crippen LogP contribution in [-0.2, 0) is 0 Å². The number of aliphatic hydroxyl groups excluding tert-OH is 1. The molecule has 1 aromatic carbocycles. The SMILES string of the molecule is OC1CCCCC1Oc1ccc(Cl)cc1. The van der Waals surface area contributed by atoms with Crippen LogP contribution < -0.4 is 4.74 Å². The zero-order valence-corrected chi connectivity index (χ0v) is 9.28. The summed E-state index contributed by atoms with van der Waals surface area (Å²) in [5, 5.41) is 10.4. The molecule has 0 aliphatic heterocycles. The van der Waals surface area contributed by atoms with Crippen molar-refractivity contribution in [1.29, 1.82) is 0 Å². The van der Waals surface area contributed by atoms with Crippen molar-refractivity contribution in [1.82, 2.24) is 0 Å². The molecule has 1 aliphatic rings. The van der Waals surface area contributed by atoms with Crippen molar-refractivity contribution in [3.05, 3.63) is 29.3 Å². The Morgan fingerprint density at radius 2 is 1.80 bits per heavy atom. The van der Waals surface area contributed by atoms with Crippen LogP contribution in [0.1, 0.15) is 25.7 Å². The molecular formula is C12H15ClO2. The quantitative estimate of drug-likeness (QED) is 0.840. The van der Waals surface area contributed by atoms with Gasteiger partial charge in [0.2, 0.25) is 0 Å². The van der Waals surface area contributed by atoms with E-state index >= 15 is 0 Å². The van der Waals surface area contributed by atoms with Crippen LogP contribution >= 0.6 is 11.6 Å². The Morgan fingerprint density at radius 1 is 1.13 bits per heavy atom. The average molecular weight is 227 g/mol. The van der Waals surface area contributed by atoms with Gasteiger partial charge < -0.3 is 9.84 Å². The predicted molar refractivity (Wildman–Crippen MR) is 60.3 cm³/mol. The number of halogens is 1. The van der Waals surface area contributed by atoms with E-state index in [4.69, 9.17) is 16.3 Å². The largest absolute Gasteiger partial charge is 0.488 e. The monoisotopic (exact) mass is 226 g/mol. The van der Waals surface area contributed by atoms with Gasteiger partial charge in [-0.1, -0.05) is 18.0 Å². The van der Waals surface area contributed by atoms with Gasteiger partial charge in [-0.2, -0.15) is 0 Å². The highest BCUT2D eigenvalue weighted by Gasteiger charge is 2.24. The van der Waals surface area contributed by atoms with Gasteiger partial charge in [-0.15, -0.1) is 0 Å². The van der Waals surface area contributed by atoms with E-state index in [1.54, 1.807) is 12.1 Å². The van der Waals surface area contributed by atoms with Crippen molar-refractivity contribution in [2.45, 2.75) is 37.9 Å². The standard InChI is InChI=1S/C12H15ClO2/c13-9-5-7-10(8-6-9)15-12-4-2-1-3-11(12)14/h5-8,11-12,14H,1-4H2. The minimum Gasteiger partial charge on any atom is -0.488 e. The molecule has 0 spiro atoms. The second kappa shape index (κ2) is 4.86. The Labute approximate surface area is 94.8 Å². The molecule has 82 valence electrons. The normalized spacial score (nSPS) is 26.3. The highest BCUT2D eigenvalue weighted by atomic mass is 35.5. The van der Waals surface area contributed by atoms with E-state index in [0.29, 0.717) is 5.02 Å². The average Bonchev–Trinajstić information content (AvgIpc) is 2.25. The fraction of sp³-hybridized carbons (Fsp3) is 0.500. The van der Waals surface area contributed by atoms with E-state index in [9.17, 15) is 5.11 Å². The first kappa shape index (κ1) is 10.8. The van der Waals surface area contributed by atoms with Crippen molar-refractivity contribution >= 4 is 11.6 Å². The minimum atomic E-state index is -0.325. The van der Waals surface area contributed by atoms with Crippen molar-refractivity contribution in [2.24, 2.45) is 0 Å². The van der Waals surface area contributed by atoms with Crippen molar-refractivity contribution in [3.63, 3.8) is 0 Å². The molecule has 2 nitrogen and oxygen atoms in total. The van der Waals surface area contributed by atoms with Gasteiger partial charge in [0, 0.05) is 5.02 Å². The second-order valence-corrected chi connectivity index (χ2v) is 4.40. The maximum Gasteiger partial charge on any atom is 0.124 e. The van der Waals surface area contributed by atoms with Crippen LogP contribution in [0.4, 0.5) is 0 Å². The number of hydrogen-bond donors (Lipinski definition) is 1. The van der Waals surface area contributed by atoms with Gasteiger partial charge in [-0.25, -0.2) is 0 Å². The third kappa shape index (κ3) is 2.86. The van der Waals surface area contributed by atoms with E-state index in [0.717, 1.165) is 31.4 Å². The fourth-order valence-electron chi connectivity index (χ4n) is 1.90. The highest BCUT2D eigenvalue weighted by Crippen LogP contribution is 2.24. The minimum absolute atomic E-state index is 0.0556. The maximum absolute atomic E-state index is 9.73. The molecule has 1 aliphatic carbocycles. The van der Waals surface area contributed by atoms with Crippen LogP contribution in [0.3, 0.4) is 0 Å². The van der Waals surface area contributed by atoms with Gasteiger partial charge in [0.15, 0.2) is 0 Å². The second-order valence-electron chi connectivity index (χ2n) is 3.96. The molecule has 3 heteroatoms. The zero-order chi connectivity index (χ0) is 10.7. The summed E-state index contributed by atoms with van der Waals surface area (Å²) in [6.07, 6.45) is 3.63. The number of hydrogen-bond acceptors (Lipinski definition) is 2. The summed E-state index contributed by atoms with van der Waals surface area (Å²) >= 11 is 5.78. The smallest absolute Gasteiger partial charge is 0.124 e. The van der Waals surface area contributed by atoms with Gasteiger partial charge in [0.1, 0.15) is 11.9 Å². The third-order valence-electron chi connectivity index (χ3n) is 2.77. The third-order valence-corrected chi connectivity index (χ3v) is 3.02. The first-order chi connectivity index (χ1) is 7.25. The summed E-state index contributed by atoms with van der Waals surface area (Å²) in [7, 11) is 0. The summed E-state index contributed by atoms with van der Waals surface area (Å²) in [4.78, 5) is 0. The van der Waals surface area contributed by atoms with E-state index in [2.05, 4.69) is 0 Å². The molecule has 2 atom stereocenters. The highest BCUT2D eigenvalue weighted by molar-refractivity contribution is 6.30. The number of ether oxygens (including phenoxy) is 1. The summed E-state index contributed by atoms with van der Waals surface area (Å²) in [5.74, 6) is 0.783. The number of benzene rings is 1. The van der Waals surface area contributed by atoms with E-state index in [-0.39, 0.29) is 12.2 Å². The Kier molecular flexibility index (Phi) is 3.49. The molecule has 1 saturated carbocycles.